The molecule has 0 fully saturated rings. The van der Waals surface area contributed by atoms with Crippen LogP contribution in [-0.4, -0.2) is 39.0 Å². The maximum atomic E-state index is 11.3. The van der Waals surface area contributed by atoms with Crippen molar-refractivity contribution >= 4 is 16.7 Å². The van der Waals surface area contributed by atoms with Crippen molar-refractivity contribution in [3.63, 3.8) is 0 Å². The van der Waals surface area contributed by atoms with Gasteiger partial charge in [0.2, 0.25) is 0 Å². The highest BCUT2D eigenvalue weighted by atomic mass is 16.6. The second-order valence-corrected chi connectivity index (χ2v) is 7.07. The lowest BCUT2D eigenvalue weighted by Crippen LogP contribution is -2.13. The zero-order chi connectivity index (χ0) is 21.9. The lowest BCUT2D eigenvalue weighted by Gasteiger charge is -2.13. The number of carbonyl (C=O) groups excluding carboxylic acids is 1. The van der Waals surface area contributed by atoms with Gasteiger partial charge in [-0.3, -0.25) is 0 Å². The van der Waals surface area contributed by atoms with E-state index in [0.717, 1.165) is 28.7 Å². The molecule has 5 heteroatoms. The van der Waals surface area contributed by atoms with Crippen molar-refractivity contribution in [3.05, 3.63) is 84.4 Å². The summed E-state index contributed by atoms with van der Waals surface area (Å²) >= 11 is 0. The highest BCUT2D eigenvalue weighted by molar-refractivity contribution is 5.93. The molecule has 5 nitrogen and oxygen atoms in total. The van der Waals surface area contributed by atoms with E-state index in [4.69, 9.17) is 18.9 Å². The number of rotatable bonds is 12. The molecule has 3 aromatic rings. The van der Waals surface area contributed by atoms with Crippen molar-refractivity contribution < 1.29 is 23.7 Å². The fraction of sp³-hybridized carbons (Fsp3) is 0.269. The van der Waals surface area contributed by atoms with E-state index in [2.05, 4.69) is 18.7 Å². The van der Waals surface area contributed by atoms with Crippen LogP contribution in [-0.2, 0) is 20.7 Å². The van der Waals surface area contributed by atoms with Gasteiger partial charge in [0.25, 0.3) is 0 Å². The Bertz CT molecular complexity index is 997. The molecule has 162 valence electrons. The van der Waals surface area contributed by atoms with Gasteiger partial charge in [0, 0.05) is 22.8 Å². The first-order chi connectivity index (χ1) is 15.1. The van der Waals surface area contributed by atoms with E-state index >= 15 is 0 Å². The second-order valence-electron chi connectivity index (χ2n) is 7.07. The van der Waals surface area contributed by atoms with Gasteiger partial charge in [-0.1, -0.05) is 61.2 Å². The van der Waals surface area contributed by atoms with Gasteiger partial charge in [0.15, 0.2) is 0 Å². The lowest BCUT2D eigenvalue weighted by atomic mass is 10.1. The summed E-state index contributed by atoms with van der Waals surface area (Å²) in [5, 5.41) is 2.01. The maximum Gasteiger partial charge on any atom is 0.333 e. The molecule has 0 aliphatic rings. The normalized spacial score (nSPS) is 10.6. The van der Waals surface area contributed by atoms with E-state index in [0.29, 0.717) is 32.0 Å². The van der Waals surface area contributed by atoms with Gasteiger partial charge in [0.1, 0.15) is 24.7 Å². The van der Waals surface area contributed by atoms with Crippen molar-refractivity contribution in [2.75, 3.05) is 33.0 Å². The van der Waals surface area contributed by atoms with Crippen molar-refractivity contribution in [2.45, 2.75) is 13.3 Å². The fourth-order valence-corrected chi connectivity index (χ4v) is 3.06. The molecule has 0 radical (unpaired) electrons. The predicted molar refractivity (Wildman–Crippen MR) is 122 cm³/mol. The molecule has 0 aliphatic carbocycles. The highest BCUT2D eigenvalue weighted by Crippen LogP contribution is 2.32. The Hall–Kier alpha value is -3.31. The van der Waals surface area contributed by atoms with Crippen molar-refractivity contribution in [2.24, 2.45) is 0 Å². The molecule has 0 unspecified atom stereocenters. The number of hydrogen-bond acceptors (Lipinski definition) is 5. The quantitative estimate of drug-likeness (QED) is 0.235. The fourth-order valence-electron chi connectivity index (χ4n) is 3.06. The van der Waals surface area contributed by atoms with E-state index in [1.807, 2.05) is 54.6 Å². The summed E-state index contributed by atoms with van der Waals surface area (Å²) in [7, 11) is 0. The van der Waals surface area contributed by atoms with Gasteiger partial charge in [-0.25, -0.2) is 4.79 Å². The third-order valence-corrected chi connectivity index (χ3v) is 4.63. The molecule has 0 aromatic heterocycles. The standard InChI is InChI=1S/C26H28O5/c1-20(2)26(27)31-19-17-28-16-18-30-25-13-7-10-22-23(25)11-6-12-24(22)29-15-14-21-8-4-3-5-9-21/h3-13H,1,14-19H2,2H3. The number of hydrogen-bond donors (Lipinski definition) is 0. The molecule has 0 saturated carbocycles. The summed E-state index contributed by atoms with van der Waals surface area (Å²) in [6.07, 6.45) is 0.854. The summed E-state index contributed by atoms with van der Waals surface area (Å²) in [6, 6.07) is 22.2. The molecule has 0 saturated heterocycles. The molecule has 31 heavy (non-hydrogen) atoms. The summed E-state index contributed by atoms with van der Waals surface area (Å²) in [5.41, 5.74) is 1.63. The minimum absolute atomic E-state index is 0.198. The average molecular weight is 421 g/mol. The van der Waals surface area contributed by atoms with Gasteiger partial charge in [-0.05, 0) is 24.6 Å². The maximum absolute atomic E-state index is 11.3. The number of ether oxygens (including phenoxy) is 4. The van der Waals surface area contributed by atoms with Crippen LogP contribution in [0.25, 0.3) is 10.8 Å². The smallest absolute Gasteiger partial charge is 0.333 e. The SMILES string of the molecule is C=C(C)C(=O)OCCOCCOc1cccc2c(OCCc3ccccc3)cccc12. The van der Waals surface area contributed by atoms with E-state index in [1.165, 1.54) is 5.56 Å². The van der Waals surface area contributed by atoms with Gasteiger partial charge >= 0.3 is 5.97 Å². The molecule has 0 spiro atoms. The molecule has 0 atom stereocenters. The minimum Gasteiger partial charge on any atom is -0.493 e. The van der Waals surface area contributed by atoms with Crippen molar-refractivity contribution in [3.8, 4) is 11.5 Å². The minimum atomic E-state index is -0.405. The monoisotopic (exact) mass is 420 g/mol. The third-order valence-electron chi connectivity index (χ3n) is 4.63. The summed E-state index contributed by atoms with van der Waals surface area (Å²) in [4.78, 5) is 11.3. The van der Waals surface area contributed by atoms with E-state index in [9.17, 15) is 4.79 Å². The zero-order valence-corrected chi connectivity index (χ0v) is 17.8. The number of carbonyl (C=O) groups is 1. The Morgan fingerprint density at radius 3 is 2.00 bits per heavy atom. The van der Waals surface area contributed by atoms with Crippen LogP contribution in [0.3, 0.4) is 0 Å². The molecule has 0 amide bonds. The Morgan fingerprint density at radius 2 is 1.35 bits per heavy atom. The van der Waals surface area contributed by atoms with Crippen LogP contribution in [0.4, 0.5) is 0 Å². The van der Waals surface area contributed by atoms with Crippen LogP contribution in [0.1, 0.15) is 12.5 Å². The van der Waals surface area contributed by atoms with Crippen LogP contribution in [0.5, 0.6) is 11.5 Å². The largest absolute Gasteiger partial charge is 0.493 e. The summed E-state index contributed by atoms with van der Waals surface area (Å²) < 4.78 is 22.4. The van der Waals surface area contributed by atoms with Crippen LogP contribution >= 0.6 is 0 Å². The van der Waals surface area contributed by atoms with Gasteiger partial charge in [-0.15, -0.1) is 0 Å². The molecule has 0 aliphatic heterocycles. The van der Waals surface area contributed by atoms with Crippen molar-refractivity contribution in [1.82, 2.24) is 0 Å². The number of benzene rings is 3. The molecular weight excluding hydrogens is 392 g/mol. The molecule has 3 rings (SSSR count). The Morgan fingerprint density at radius 1 is 0.742 bits per heavy atom. The Labute approximate surface area is 183 Å². The van der Waals surface area contributed by atoms with E-state index in [1.54, 1.807) is 6.92 Å². The third kappa shape index (κ3) is 6.86. The first-order valence-corrected chi connectivity index (χ1v) is 10.4. The zero-order valence-electron chi connectivity index (χ0n) is 17.8. The van der Waals surface area contributed by atoms with Crippen LogP contribution < -0.4 is 9.47 Å². The van der Waals surface area contributed by atoms with E-state index in [-0.39, 0.29) is 6.61 Å². The summed E-state index contributed by atoms with van der Waals surface area (Å²) in [5.74, 6) is 1.22. The Balaban J connectivity index is 1.48. The van der Waals surface area contributed by atoms with Crippen LogP contribution in [0.15, 0.2) is 78.9 Å². The lowest BCUT2D eigenvalue weighted by molar-refractivity contribution is -0.140. The van der Waals surface area contributed by atoms with E-state index < -0.39 is 5.97 Å². The number of esters is 1. The topological polar surface area (TPSA) is 54.0 Å². The predicted octanol–water partition coefficient (Wildman–Crippen LogP) is 4.98. The van der Waals surface area contributed by atoms with Gasteiger partial charge in [0.05, 0.1) is 19.8 Å². The molecule has 3 aromatic carbocycles. The van der Waals surface area contributed by atoms with Gasteiger partial charge < -0.3 is 18.9 Å². The molecule has 0 N–H and O–H groups in total. The molecule has 0 bridgehead atoms. The molecule has 0 heterocycles. The van der Waals surface area contributed by atoms with Crippen molar-refractivity contribution in [1.29, 1.82) is 0 Å². The highest BCUT2D eigenvalue weighted by Gasteiger charge is 2.07. The summed E-state index contributed by atoms with van der Waals surface area (Å²) in [6.45, 7) is 7.06. The van der Waals surface area contributed by atoms with Gasteiger partial charge in [-0.2, -0.15) is 0 Å². The Kier molecular flexibility index (Phi) is 8.49. The van der Waals surface area contributed by atoms with Crippen LogP contribution in [0, 0.1) is 0 Å². The van der Waals surface area contributed by atoms with Crippen LogP contribution in [0.2, 0.25) is 0 Å². The first kappa shape index (κ1) is 22.4. The molecular formula is C26H28O5. The number of fused-ring (bicyclic) bond motifs is 1. The first-order valence-electron chi connectivity index (χ1n) is 10.4. The second kappa shape index (κ2) is 11.8. The average Bonchev–Trinajstić information content (AvgIpc) is 2.79.